The van der Waals surface area contributed by atoms with Gasteiger partial charge in [0.25, 0.3) is 0 Å². The SMILES string of the molecule is C=C(C)[C@@H]1N(Cc2ccc3c(c2)OCO3)C(=O)[C@H]2[C@@H](C(=O)O)[C@@H]3C=C[C@]12O3. The molecule has 1 amide bonds. The van der Waals surface area contributed by atoms with Crippen LogP contribution in [0.2, 0.25) is 0 Å². The van der Waals surface area contributed by atoms with Crippen molar-refractivity contribution in [3.05, 3.63) is 48.1 Å². The molecule has 0 aromatic heterocycles. The van der Waals surface area contributed by atoms with Crippen LogP contribution in [0.3, 0.4) is 0 Å². The molecule has 4 heterocycles. The predicted molar refractivity (Wildman–Crippen MR) is 93.1 cm³/mol. The van der Waals surface area contributed by atoms with Crippen molar-refractivity contribution in [2.75, 3.05) is 6.79 Å². The fourth-order valence-corrected chi connectivity index (χ4v) is 4.96. The Bertz CT molecular complexity index is 908. The van der Waals surface area contributed by atoms with Crippen molar-refractivity contribution in [1.29, 1.82) is 0 Å². The van der Waals surface area contributed by atoms with Crippen molar-refractivity contribution in [3.63, 3.8) is 0 Å². The molecule has 27 heavy (non-hydrogen) atoms. The molecule has 7 nitrogen and oxygen atoms in total. The summed E-state index contributed by atoms with van der Waals surface area (Å²) in [6, 6.07) is 5.13. The molecule has 2 saturated heterocycles. The molecule has 0 saturated carbocycles. The molecular formula is C20H19NO6. The second-order valence-corrected chi connectivity index (χ2v) is 7.54. The molecule has 2 bridgehead atoms. The number of carbonyl (C=O) groups excluding carboxylic acids is 1. The Morgan fingerprint density at radius 2 is 2.15 bits per heavy atom. The number of rotatable bonds is 4. The summed E-state index contributed by atoms with van der Waals surface area (Å²) in [5.74, 6) is -1.50. The number of carboxylic acid groups (broad SMARTS) is 1. The number of amides is 1. The van der Waals surface area contributed by atoms with Gasteiger partial charge >= 0.3 is 5.97 Å². The Morgan fingerprint density at radius 3 is 2.89 bits per heavy atom. The van der Waals surface area contributed by atoms with Gasteiger partial charge in [0.15, 0.2) is 11.5 Å². The highest BCUT2D eigenvalue weighted by Crippen LogP contribution is 2.56. The van der Waals surface area contributed by atoms with Gasteiger partial charge in [-0.25, -0.2) is 0 Å². The summed E-state index contributed by atoms with van der Waals surface area (Å²) in [5, 5.41) is 9.67. The van der Waals surface area contributed by atoms with Crippen LogP contribution in [0.4, 0.5) is 0 Å². The van der Waals surface area contributed by atoms with Crippen LogP contribution in [-0.4, -0.2) is 46.4 Å². The number of benzene rings is 1. The maximum atomic E-state index is 13.3. The minimum absolute atomic E-state index is 0.182. The zero-order valence-corrected chi connectivity index (χ0v) is 14.8. The lowest BCUT2D eigenvalue weighted by Gasteiger charge is -2.33. The van der Waals surface area contributed by atoms with Gasteiger partial charge in [-0.3, -0.25) is 9.59 Å². The van der Waals surface area contributed by atoms with Crippen molar-refractivity contribution in [2.45, 2.75) is 31.2 Å². The third-order valence-electron chi connectivity index (χ3n) is 5.92. The van der Waals surface area contributed by atoms with Crippen molar-refractivity contribution in [1.82, 2.24) is 4.90 Å². The molecule has 0 unspecified atom stereocenters. The summed E-state index contributed by atoms with van der Waals surface area (Å²) in [4.78, 5) is 26.8. The average Bonchev–Trinajstić information content (AvgIpc) is 3.35. The maximum Gasteiger partial charge on any atom is 0.310 e. The van der Waals surface area contributed by atoms with Gasteiger partial charge in [0.05, 0.1) is 18.1 Å². The Hall–Kier alpha value is -2.80. The highest BCUT2D eigenvalue weighted by molar-refractivity contribution is 5.92. The lowest BCUT2D eigenvalue weighted by molar-refractivity contribution is -0.148. The molecule has 1 aromatic rings. The molecule has 4 aliphatic rings. The van der Waals surface area contributed by atoms with E-state index in [2.05, 4.69) is 6.58 Å². The molecule has 0 aliphatic carbocycles. The molecule has 4 aliphatic heterocycles. The maximum absolute atomic E-state index is 13.3. The Labute approximate surface area is 155 Å². The molecule has 5 atom stereocenters. The number of carboxylic acids is 1. The topological polar surface area (TPSA) is 85.3 Å². The van der Waals surface area contributed by atoms with Gasteiger partial charge in [-0.1, -0.05) is 30.4 Å². The number of hydrogen-bond donors (Lipinski definition) is 1. The quantitative estimate of drug-likeness (QED) is 0.814. The summed E-state index contributed by atoms with van der Waals surface area (Å²) < 4.78 is 16.8. The van der Waals surface area contributed by atoms with E-state index in [-0.39, 0.29) is 12.7 Å². The van der Waals surface area contributed by atoms with Crippen LogP contribution in [-0.2, 0) is 20.9 Å². The fraction of sp³-hybridized carbons (Fsp3) is 0.400. The van der Waals surface area contributed by atoms with E-state index in [0.29, 0.717) is 18.0 Å². The van der Waals surface area contributed by atoms with E-state index < -0.39 is 35.6 Å². The van der Waals surface area contributed by atoms with Gasteiger partial charge in [-0.15, -0.1) is 0 Å². The minimum Gasteiger partial charge on any atom is -0.481 e. The Balaban J connectivity index is 1.53. The van der Waals surface area contributed by atoms with Crippen LogP contribution in [0.5, 0.6) is 11.5 Å². The van der Waals surface area contributed by atoms with Crippen molar-refractivity contribution in [2.24, 2.45) is 11.8 Å². The van der Waals surface area contributed by atoms with Crippen LogP contribution < -0.4 is 9.47 Å². The number of carbonyl (C=O) groups is 2. The zero-order chi connectivity index (χ0) is 18.9. The van der Waals surface area contributed by atoms with E-state index in [1.165, 1.54) is 0 Å². The van der Waals surface area contributed by atoms with Crippen LogP contribution in [0.25, 0.3) is 0 Å². The van der Waals surface area contributed by atoms with Gasteiger partial charge in [-0.2, -0.15) is 0 Å². The predicted octanol–water partition coefficient (Wildman–Crippen LogP) is 1.73. The van der Waals surface area contributed by atoms with Gasteiger partial charge in [0.1, 0.15) is 11.5 Å². The monoisotopic (exact) mass is 369 g/mol. The molecule has 1 aromatic carbocycles. The number of aliphatic carboxylic acids is 1. The van der Waals surface area contributed by atoms with E-state index in [1.54, 1.807) is 11.0 Å². The van der Waals surface area contributed by atoms with E-state index >= 15 is 0 Å². The minimum atomic E-state index is -1.00. The highest BCUT2D eigenvalue weighted by atomic mass is 16.7. The first-order chi connectivity index (χ1) is 12.9. The zero-order valence-electron chi connectivity index (χ0n) is 14.8. The Morgan fingerprint density at radius 1 is 1.37 bits per heavy atom. The molecule has 140 valence electrons. The fourth-order valence-electron chi connectivity index (χ4n) is 4.96. The lowest BCUT2D eigenvalue weighted by atomic mass is 9.74. The first-order valence-electron chi connectivity index (χ1n) is 8.87. The van der Waals surface area contributed by atoms with Crippen LogP contribution in [0, 0.1) is 11.8 Å². The second-order valence-electron chi connectivity index (χ2n) is 7.54. The largest absolute Gasteiger partial charge is 0.481 e. The van der Waals surface area contributed by atoms with Crippen molar-refractivity contribution in [3.8, 4) is 11.5 Å². The van der Waals surface area contributed by atoms with Gasteiger partial charge in [-0.05, 0) is 24.6 Å². The summed E-state index contributed by atoms with van der Waals surface area (Å²) in [6.45, 7) is 6.41. The summed E-state index contributed by atoms with van der Waals surface area (Å²) in [6.07, 6.45) is 3.06. The third kappa shape index (κ3) is 2.06. The van der Waals surface area contributed by atoms with Crippen molar-refractivity contribution >= 4 is 11.9 Å². The van der Waals surface area contributed by atoms with Gasteiger partial charge in [0.2, 0.25) is 12.7 Å². The summed E-state index contributed by atoms with van der Waals surface area (Å²) in [5.41, 5.74) is 0.691. The number of fused-ring (bicyclic) bond motifs is 2. The van der Waals surface area contributed by atoms with Gasteiger partial charge < -0.3 is 24.2 Å². The normalized spacial score (nSPS) is 35.0. The lowest BCUT2D eigenvalue weighted by Crippen LogP contribution is -2.45. The first-order valence-corrected chi connectivity index (χ1v) is 8.87. The van der Waals surface area contributed by atoms with Crippen molar-refractivity contribution < 1.29 is 28.9 Å². The number of hydrogen-bond acceptors (Lipinski definition) is 5. The molecule has 0 radical (unpaired) electrons. The van der Waals surface area contributed by atoms with E-state index in [9.17, 15) is 14.7 Å². The third-order valence-corrected chi connectivity index (χ3v) is 5.92. The van der Waals surface area contributed by atoms with E-state index in [0.717, 1.165) is 11.1 Å². The standard InChI is InChI=1S/C20H19NO6/c1-10(2)17-20-6-5-13(27-20)15(19(23)24)16(20)18(22)21(17)8-11-3-4-12-14(7-11)26-9-25-12/h3-7,13,15-17H,1,8-9H2,2H3,(H,23,24)/t13-,15-,16+,17-,20+/m0/s1. The highest BCUT2D eigenvalue weighted by Gasteiger charge is 2.71. The van der Waals surface area contributed by atoms with Crippen LogP contribution >= 0.6 is 0 Å². The van der Waals surface area contributed by atoms with E-state index in [4.69, 9.17) is 14.2 Å². The summed E-state index contributed by atoms with van der Waals surface area (Å²) in [7, 11) is 0. The molecule has 7 heteroatoms. The number of ether oxygens (including phenoxy) is 3. The van der Waals surface area contributed by atoms with Gasteiger partial charge in [0, 0.05) is 6.54 Å². The molecule has 5 rings (SSSR count). The average molecular weight is 369 g/mol. The smallest absolute Gasteiger partial charge is 0.310 e. The van der Waals surface area contributed by atoms with Crippen LogP contribution in [0.15, 0.2) is 42.5 Å². The molecule has 1 N–H and O–H groups in total. The molecule has 1 spiro atoms. The van der Waals surface area contributed by atoms with E-state index in [1.807, 2.05) is 31.2 Å². The molecular weight excluding hydrogens is 350 g/mol. The molecule has 2 fully saturated rings. The first kappa shape index (κ1) is 16.4. The number of likely N-dealkylation sites (tertiary alicyclic amines) is 1. The Kier molecular flexibility index (Phi) is 3.25. The summed E-state index contributed by atoms with van der Waals surface area (Å²) >= 11 is 0. The second kappa shape index (κ2) is 5.36. The number of nitrogens with zero attached hydrogens (tertiary/aromatic N) is 1. The van der Waals surface area contributed by atoms with Crippen LogP contribution in [0.1, 0.15) is 12.5 Å².